The van der Waals surface area contributed by atoms with Gasteiger partial charge in [0.05, 0.1) is 16.6 Å². The number of unbranched alkanes of at least 4 members (excludes halogenated alkanes) is 5. The minimum absolute atomic E-state index is 0.136. The standard InChI is InChI=1S/C27H38N4O3S2/c1-5-6-7-8-9-10-15-30-26(33)22(36-27(30)35)17-21-24(28-14-11-16-34-19(2)3)29-23-13-12-20(4)18-31(23)25(21)32/h12-13,17-19,28H,5-11,14-16H2,1-4H3/b22-17-. The van der Waals surface area contributed by atoms with Crippen LogP contribution in [0, 0.1) is 6.92 Å². The lowest BCUT2D eigenvalue weighted by Crippen LogP contribution is -2.29. The lowest BCUT2D eigenvalue weighted by Gasteiger charge is -2.14. The molecule has 0 unspecified atom stereocenters. The number of rotatable bonds is 14. The van der Waals surface area contributed by atoms with Gasteiger partial charge in [0, 0.05) is 25.9 Å². The third-order valence-electron chi connectivity index (χ3n) is 5.95. The molecule has 2 aromatic heterocycles. The first-order valence-electron chi connectivity index (χ1n) is 13.0. The Bertz CT molecular complexity index is 1160. The molecule has 1 amide bonds. The molecule has 3 rings (SSSR count). The second-order valence-corrected chi connectivity index (χ2v) is 11.1. The molecule has 9 heteroatoms. The highest BCUT2D eigenvalue weighted by Crippen LogP contribution is 2.33. The van der Waals surface area contributed by atoms with E-state index in [0.717, 1.165) is 24.8 Å². The number of carbonyl (C=O) groups excluding carboxylic acids is 1. The number of hydrogen-bond donors (Lipinski definition) is 1. The first-order valence-corrected chi connectivity index (χ1v) is 14.2. The number of aromatic nitrogens is 2. The van der Waals surface area contributed by atoms with E-state index in [-0.39, 0.29) is 17.6 Å². The minimum Gasteiger partial charge on any atom is -0.379 e. The van der Waals surface area contributed by atoms with Crippen molar-refractivity contribution in [2.75, 3.05) is 25.0 Å². The van der Waals surface area contributed by atoms with Crippen LogP contribution in [-0.4, -0.2) is 50.3 Å². The second-order valence-electron chi connectivity index (χ2n) is 9.41. The van der Waals surface area contributed by atoms with Crippen molar-refractivity contribution in [1.82, 2.24) is 14.3 Å². The van der Waals surface area contributed by atoms with Gasteiger partial charge < -0.3 is 10.1 Å². The van der Waals surface area contributed by atoms with E-state index in [9.17, 15) is 9.59 Å². The third kappa shape index (κ3) is 7.63. The normalized spacial score (nSPS) is 15.1. The van der Waals surface area contributed by atoms with Crippen molar-refractivity contribution in [2.24, 2.45) is 0 Å². The van der Waals surface area contributed by atoms with Gasteiger partial charge in [0.15, 0.2) is 0 Å². The summed E-state index contributed by atoms with van der Waals surface area (Å²) in [6.45, 7) is 9.96. The van der Waals surface area contributed by atoms with Crippen molar-refractivity contribution in [3.8, 4) is 0 Å². The SMILES string of the molecule is CCCCCCCCN1C(=O)/C(=C/c2c(NCCCOC(C)C)nc3ccc(C)cn3c2=O)SC1=S. The maximum absolute atomic E-state index is 13.5. The molecule has 0 bridgehead atoms. The van der Waals surface area contributed by atoms with Crippen molar-refractivity contribution in [2.45, 2.75) is 78.7 Å². The number of anilines is 1. The van der Waals surface area contributed by atoms with Crippen molar-refractivity contribution in [3.63, 3.8) is 0 Å². The molecule has 0 aromatic carbocycles. The summed E-state index contributed by atoms with van der Waals surface area (Å²) in [6.07, 6.45) is 11.2. The smallest absolute Gasteiger partial charge is 0.267 e. The number of pyridine rings is 1. The van der Waals surface area contributed by atoms with Gasteiger partial charge in [0.25, 0.3) is 11.5 Å². The number of fused-ring (bicyclic) bond motifs is 1. The monoisotopic (exact) mass is 530 g/mol. The first kappa shape index (κ1) is 28.3. The zero-order valence-corrected chi connectivity index (χ0v) is 23.5. The van der Waals surface area contributed by atoms with Gasteiger partial charge in [-0.15, -0.1) is 0 Å². The quantitative estimate of drug-likeness (QED) is 0.188. The summed E-state index contributed by atoms with van der Waals surface area (Å²) in [5.74, 6) is 0.332. The molecule has 0 aliphatic carbocycles. The molecule has 0 atom stereocenters. The molecule has 0 spiro atoms. The lowest BCUT2D eigenvalue weighted by atomic mass is 10.1. The summed E-state index contributed by atoms with van der Waals surface area (Å²) in [6, 6.07) is 3.75. The Balaban J connectivity index is 1.81. The molecule has 36 heavy (non-hydrogen) atoms. The van der Waals surface area contributed by atoms with Gasteiger partial charge >= 0.3 is 0 Å². The van der Waals surface area contributed by atoms with Gasteiger partial charge in [0.1, 0.15) is 15.8 Å². The summed E-state index contributed by atoms with van der Waals surface area (Å²) in [5, 5.41) is 3.29. The molecule has 3 heterocycles. The van der Waals surface area contributed by atoms with Crippen molar-refractivity contribution >= 4 is 51.7 Å². The highest BCUT2D eigenvalue weighted by molar-refractivity contribution is 8.26. The number of nitrogens with one attached hydrogen (secondary N) is 1. The van der Waals surface area contributed by atoms with E-state index in [1.165, 1.54) is 41.8 Å². The van der Waals surface area contributed by atoms with Crippen LogP contribution in [0.4, 0.5) is 5.82 Å². The Hall–Kier alpha value is -2.23. The maximum atomic E-state index is 13.5. The first-order chi connectivity index (χ1) is 17.3. The molecule has 2 aromatic rings. The Morgan fingerprint density at radius 1 is 1.14 bits per heavy atom. The average molecular weight is 531 g/mol. The van der Waals surface area contributed by atoms with Crippen LogP contribution in [0.5, 0.6) is 0 Å². The number of thiocarbonyl (C=S) groups is 1. The number of amides is 1. The van der Waals surface area contributed by atoms with Crippen LogP contribution in [0.3, 0.4) is 0 Å². The number of hydrogen-bond acceptors (Lipinski definition) is 7. The Morgan fingerprint density at radius 2 is 1.89 bits per heavy atom. The van der Waals surface area contributed by atoms with E-state index in [4.69, 9.17) is 21.9 Å². The lowest BCUT2D eigenvalue weighted by molar-refractivity contribution is -0.122. The van der Waals surface area contributed by atoms with Crippen molar-refractivity contribution in [3.05, 3.63) is 44.7 Å². The van der Waals surface area contributed by atoms with Gasteiger partial charge in [-0.05, 0) is 51.3 Å². The van der Waals surface area contributed by atoms with Crippen LogP contribution in [0.2, 0.25) is 0 Å². The maximum Gasteiger partial charge on any atom is 0.267 e. The molecule has 1 aliphatic heterocycles. The summed E-state index contributed by atoms with van der Waals surface area (Å²) in [7, 11) is 0. The van der Waals surface area contributed by atoms with E-state index < -0.39 is 0 Å². The summed E-state index contributed by atoms with van der Waals surface area (Å²) in [4.78, 5) is 33.5. The number of carbonyl (C=O) groups is 1. The van der Waals surface area contributed by atoms with Gasteiger partial charge in [-0.1, -0.05) is 69.1 Å². The van der Waals surface area contributed by atoms with Crippen LogP contribution < -0.4 is 10.9 Å². The van der Waals surface area contributed by atoms with Crippen LogP contribution in [0.25, 0.3) is 11.7 Å². The Labute approximate surface area is 223 Å². The second kappa shape index (κ2) is 13.9. The molecule has 7 nitrogen and oxygen atoms in total. The summed E-state index contributed by atoms with van der Waals surface area (Å²) < 4.78 is 7.70. The molecule has 0 saturated carbocycles. The molecule has 1 fully saturated rings. The van der Waals surface area contributed by atoms with Crippen LogP contribution in [0.15, 0.2) is 28.0 Å². The molecule has 0 radical (unpaired) electrons. The van der Waals surface area contributed by atoms with E-state index in [1.54, 1.807) is 17.2 Å². The predicted octanol–water partition coefficient (Wildman–Crippen LogP) is 5.79. The molecule has 1 N–H and O–H groups in total. The van der Waals surface area contributed by atoms with Crippen molar-refractivity contribution in [1.29, 1.82) is 0 Å². The highest BCUT2D eigenvalue weighted by atomic mass is 32.2. The third-order valence-corrected chi connectivity index (χ3v) is 7.33. The van der Waals surface area contributed by atoms with E-state index >= 15 is 0 Å². The number of nitrogens with zero attached hydrogens (tertiary/aromatic N) is 3. The zero-order chi connectivity index (χ0) is 26.1. The summed E-state index contributed by atoms with van der Waals surface area (Å²) in [5.41, 5.74) is 1.65. The van der Waals surface area contributed by atoms with E-state index in [0.29, 0.717) is 46.0 Å². The van der Waals surface area contributed by atoms with Crippen LogP contribution in [0.1, 0.15) is 76.8 Å². The zero-order valence-electron chi connectivity index (χ0n) is 21.8. The fourth-order valence-corrected chi connectivity index (χ4v) is 5.29. The largest absolute Gasteiger partial charge is 0.379 e. The predicted molar refractivity (Wildman–Crippen MR) is 154 cm³/mol. The van der Waals surface area contributed by atoms with Crippen LogP contribution >= 0.6 is 24.0 Å². The Morgan fingerprint density at radius 3 is 2.64 bits per heavy atom. The van der Waals surface area contributed by atoms with E-state index in [1.807, 2.05) is 32.9 Å². The van der Waals surface area contributed by atoms with Crippen LogP contribution in [-0.2, 0) is 9.53 Å². The van der Waals surface area contributed by atoms with Gasteiger partial charge in [-0.2, -0.15) is 0 Å². The van der Waals surface area contributed by atoms with Crippen molar-refractivity contribution < 1.29 is 9.53 Å². The average Bonchev–Trinajstić information content (AvgIpc) is 3.10. The topological polar surface area (TPSA) is 75.9 Å². The fraction of sp³-hybridized carbons (Fsp3) is 0.556. The van der Waals surface area contributed by atoms with Gasteiger partial charge in [-0.25, -0.2) is 4.98 Å². The molecular formula is C27H38N4O3S2. The highest BCUT2D eigenvalue weighted by Gasteiger charge is 2.32. The number of aryl methyl sites for hydroxylation is 1. The molecular weight excluding hydrogens is 492 g/mol. The Kier molecular flexibility index (Phi) is 10.9. The molecule has 1 aliphatic rings. The summed E-state index contributed by atoms with van der Waals surface area (Å²) >= 11 is 6.76. The van der Waals surface area contributed by atoms with Gasteiger partial charge in [-0.3, -0.25) is 18.9 Å². The number of ether oxygens (including phenoxy) is 1. The number of thioether (sulfide) groups is 1. The molecule has 196 valence electrons. The minimum atomic E-state index is -0.217. The fourth-order valence-electron chi connectivity index (χ4n) is 4.00. The molecule has 1 saturated heterocycles. The van der Waals surface area contributed by atoms with Gasteiger partial charge in [0.2, 0.25) is 0 Å². The van der Waals surface area contributed by atoms with E-state index in [2.05, 4.69) is 12.2 Å².